The van der Waals surface area contributed by atoms with Crippen LogP contribution in [0.2, 0.25) is 0 Å². The Kier molecular flexibility index (Phi) is 6.92. The van der Waals surface area contributed by atoms with Gasteiger partial charge in [0.15, 0.2) is 5.11 Å². The van der Waals surface area contributed by atoms with Crippen molar-refractivity contribution in [2.75, 3.05) is 12.4 Å². The molecule has 0 saturated heterocycles. The summed E-state index contributed by atoms with van der Waals surface area (Å²) in [5, 5.41) is 5.60. The number of hydrogen-bond donors (Lipinski definition) is 2. The fraction of sp³-hybridized carbons (Fsp3) is 0.529. The molecule has 1 saturated carbocycles. The molecule has 8 heteroatoms. The highest BCUT2D eigenvalue weighted by atomic mass is 32.2. The van der Waals surface area contributed by atoms with E-state index in [0.717, 1.165) is 25.7 Å². The van der Waals surface area contributed by atoms with Gasteiger partial charge in [0.1, 0.15) is 0 Å². The summed E-state index contributed by atoms with van der Waals surface area (Å²) in [6.45, 7) is 1.74. The van der Waals surface area contributed by atoms with E-state index in [2.05, 4.69) is 10.6 Å². The van der Waals surface area contributed by atoms with E-state index in [1.165, 1.54) is 10.7 Å². The van der Waals surface area contributed by atoms with Gasteiger partial charge in [0.05, 0.1) is 4.90 Å². The molecule has 1 aromatic carbocycles. The normalized spacial score (nSPS) is 15.8. The summed E-state index contributed by atoms with van der Waals surface area (Å²) in [5.41, 5.74) is 0.626. The molecule has 0 bridgehead atoms. The summed E-state index contributed by atoms with van der Waals surface area (Å²) in [6, 6.07) is 6.48. The number of thiocarbonyl (C=S) groups is 1. The lowest BCUT2D eigenvalue weighted by Gasteiger charge is -2.30. The Bertz CT molecular complexity index is 711. The maximum Gasteiger partial charge on any atom is 0.243 e. The van der Waals surface area contributed by atoms with Gasteiger partial charge in [-0.15, -0.1) is 0 Å². The number of nitrogens with one attached hydrogen (secondary N) is 2. The minimum atomic E-state index is -3.50. The molecule has 1 aliphatic rings. The molecule has 138 valence electrons. The smallest absolute Gasteiger partial charge is 0.243 e. The molecule has 1 fully saturated rings. The van der Waals surface area contributed by atoms with E-state index in [1.54, 1.807) is 38.2 Å². The largest absolute Gasteiger partial charge is 0.332 e. The van der Waals surface area contributed by atoms with Crippen LogP contribution >= 0.6 is 12.2 Å². The zero-order valence-electron chi connectivity index (χ0n) is 14.6. The van der Waals surface area contributed by atoms with Gasteiger partial charge >= 0.3 is 0 Å². The van der Waals surface area contributed by atoms with E-state index in [0.29, 0.717) is 12.1 Å². The van der Waals surface area contributed by atoms with Crippen LogP contribution in [-0.4, -0.2) is 36.8 Å². The van der Waals surface area contributed by atoms with Crippen LogP contribution in [0, 0.1) is 0 Å². The predicted molar refractivity (Wildman–Crippen MR) is 103 cm³/mol. The Morgan fingerprint density at radius 2 is 1.80 bits per heavy atom. The maximum absolute atomic E-state index is 12.8. The fourth-order valence-electron chi connectivity index (χ4n) is 2.89. The van der Waals surface area contributed by atoms with E-state index in [9.17, 15) is 13.2 Å². The van der Waals surface area contributed by atoms with Crippen LogP contribution in [0.5, 0.6) is 0 Å². The van der Waals surface area contributed by atoms with Crippen molar-refractivity contribution in [3.05, 3.63) is 24.3 Å². The molecule has 0 heterocycles. The first-order valence-corrected chi connectivity index (χ1v) is 10.4. The van der Waals surface area contributed by atoms with Crippen molar-refractivity contribution >= 4 is 38.9 Å². The van der Waals surface area contributed by atoms with Crippen molar-refractivity contribution < 1.29 is 13.2 Å². The highest BCUT2D eigenvalue weighted by molar-refractivity contribution is 7.89. The first-order valence-electron chi connectivity index (χ1n) is 8.53. The molecule has 0 spiro atoms. The van der Waals surface area contributed by atoms with Gasteiger partial charge in [-0.2, -0.15) is 4.31 Å². The Hall–Kier alpha value is -1.51. The Balaban J connectivity index is 2.05. The second-order valence-electron chi connectivity index (χ2n) is 6.19. The van der Waals surface area contributed by atoms with Crippen LogP contribution in [0.3, 0.4) is 0 Å². The van der Waals surface area contributed by atoms with Crippen LogP contribution in [-0.2, 0) is 14.8 Å². The molecule has 2 rings (SSSR count). The lowest BCUT2D eigenvalue weighted by atomic mass is 9.96. The molecule has 2 N–H and O–H groups in total. The van der Waals surface area contributed by atoms with Gasteiger partial charge in [-0.3, -0.25) is 4.79 Å². The quantitative estimate of drug-likeness (QED) is 0.765. The van der Waals surface area contributed by atoms with Crippen molar-refractivity contribution in [1.82, 2.24) is 9.62 Å². The molecular formula is C17H25N3O3S2. The zero-order chi connectivity index (χ0) is 18.4. The molecule has 25 heavy (non-hydrogen) atoms. The summed E-state index contributed by atoms with van der Waals surface area (Å²) < 4.78 is 27.0. The second-order valence-corrected chi connectivity index (χ2v) is 8.60. The van der Waals surface area contributed by atoms with Crippen molar-refractivity contribution in [1.29, 1.82) is 0 Å². The lowest BCUT2D eigenvalue weighted by molar-refractivity contribution is -0.119. The summed E-state index contributed by atoms with van der Waals surface area (Å²) in [4.78, 5) is 11.6. The topological polar surface area (TPSA) is 78.5 Å². The number of hydrogen-bond acceptors (Lipinski definition) is 4. The molecule has 0 atom stereocenters. The van der Waals surface area contributed by atoms with E-state index in [4.69, 9.17) is 12.2 Å². The van der Waals surface area contributed by atoms with Crippen LogP contribution in [0.15, 0.2) is 29.2 Å². The average molecular weight is 384 g/mol. The van der Waals surface area contributed by atoms with Crippen molar-refractivity contribution in [3.8, 4) is 0 Å². The summed E-state index contributed by atoms with van der Waals surface area (Å²) >= 11 is 5.04. The third-order valence-electron chi connectivity index (χ3n) is 4.45. The molecule has 1 aromatic rings. The lowest BCUT2D eigenvalue weighted by Crippen LogP contribution is -2.38. The first kappa shape index (κ1) is 19.8. The number of benzene rings is 1. The van der Waals surface area contributed by atoms with Crippen LogP contribution < -0.4 is 10.6 Å². The number of sulfonamides is 1. The molecule has 0 aromatic heterocycles. The SMILES string of the molecule is CCC(=O)NC(=S)Nc1ccc(S(=O)(=O)N(C)C2CCCCC2)cc1. The minimum Gasteiger partial charge on any atom is -0.332 e. The van der Waals surface area contributed by atoms with E-state index in [1.807, 2.05) is 0 Å². The van der Waals surface area contributed by atoms with Crippen LogP contribution in [0.25, 0.3) is 0 Å². The van der Waals surface area contributed by atoms with Gasteiger partial charge in [-0.1, -0.05) is 26.2 Å². The van der Waals surface area contributed by atoms with E-state index >= 15 is 0 Å². The molecule has 1 aliphatic carbocycles. The Morgan fingerprint density at radius 1 is 1.20 bits per heavy atom. The summed E-state index contributed by atoms with van der Waals surface area (Å²) in [7, 11) is -1.84. The number of carbonyl (C=O) groups is 1. The maximum atomic E-state index is 12.8. The van der Waals surface area contributed by atoms with Crippen molar-refractivity contribution in [2.45, 2.75) is 56.4 Å². The van der Waals surface area contributed by atoms with E-state index < -0.39 is 10.0 Å². The molecular weight excluding hydrogens is 358 g/mol. The number of nitrogens with zero attached hydrogens (tertiary/aromatic N) is 1. The molecule has 0 radical (unpaired) electrons. The van der Waals surface area contributed by atoms with Gasteiger partial charge in [0.25, 0.3) is 0 Å². The van der Waals surface area contributed by atoms with Gasteiger partial charge in [0.2, 0.25) is 15.9 Å². The summed E-state index contributed by atoms with van der Waals surface area (Å²) in [5.74, 6) is -0.175. The van der Waals surface area contributed by atoms with Crippen molar-refractivity contribution in [2.24, 2.45) is 0 Å². The Morgan fingerprint density at radius 3 is 2.36 bits per heavy atom. The van der Waals surface area contributed by atoms with Gasteiger partial charge in [0, 0.05) is 25.2 Å². The fourth-order valence-corrected chi connectivity index (χ4v) is 4.54. The zero-order valence-corrected chi connectivity index (χ0v) is 16.3. The number of carbonyl (C=O) groups excluding carboxylic acids is 1. The Labute approximate surface area is 155 Å². The van der Waals surface area contributed by atoms with Gasteiger partial charge in [-0.05, 0) is 49.3 Å². The van der Waals surface area contributed by atoms with Crippen LogP contribution in [0.4, 0.5) is 5.69 Å². The van der Waals surface area contributed by atoms with Crippen molar-refractivity contribution in [3.63, 3.8) is 0 Å². The summed E-state index contributed by atoms with van der Waals surface area (Å²) in [6.07, 6.45) is 5.51. The highest BCUT2D eigenvalue weighted by Crippen LogP contribution is 2.26. The van der Waals surface area contributed by atoms with Crippen LogP contribution in [0.1, 0.15) is 45.4 Å². The molecule has 6 nitrogen and oxygen atoms in total. The standard InChI is InChI=1S/C17H25N3O3S2/c1-3-16(21)19-17(24)18-13-9-11-15(12-10-13)25(22,23)20(2)14-7-5-4-6-8-14/h9-12,14H,3-8H2,1-2H3,(H2,18,19,21,24). The minimum absolute atomic E-state index is 0.0772. The van der Waals surface area contributed by atoms with E-state index in [-0.39, 0.29) is 22.0 Å². The molecule has 0 aliphatic heterocycles. The van der Waals surface area contributed by atoms with Gasteiger partial charge in [-0.25, -0.2) is 8.42 Å². The molecule has 0 unspecified atom stereocenters. The third-order valence-corrected chi connectivity index (χ3v) is 6.58. The third kappa shape index (κ3) is 5.23. The van der Waals surface area contributed by atoms with Gasteiger partial charge < -0.3 is 10.6 Å². The first-order chi connectivity index (χ1) is 11.8. The number of amides is 1. The average Bonchev–Trinajstić information content (AvgIpc) is 2.62. The predicted octanol–water partition coefficient (Wildman–Crippen LogP) is 2.86. The molecule has 1 amide bonds. The number of anilines is 1. The number of rotatable bonds is 5. The second kappa shape index (κ2) is 8.73. The highest BCUT2D eigenvalue weighted by Gasteiger charge is 2.28. The monoisotopic (exact) mass is 383 g/mol.